The lowest BCUT2D eigenvalue weighted by Gasteiger charge is -2.32. The van der Waals surface area contributed by atoms with Crippen LogP contribution < -0.4 is 10.0 Å². The van der Waals surface area contributed by atoms with Gasteiger partial charge in [0, 0.05) is 26.2 Å². The predicted molar refractivity (Wildman–Crippen MR) is 62.7 cm³/mol. The first kappa shape index (κ1) is 13.2. The number of hydrogen-bond acceptors (Lipinski definition) is 4. The van der Waals surface area contributed by atoms with Gasteiger partial charge in [-0.15, -0.1) is 9.60 Å². The van der Waals surface area contributed by atoms with Crippen molar-refractivity contribution >= 4 is 15.7 Å². The maximum atomic E-state index is 13.6. The van der Waals surface area contributed by atoms with Gasteiger partial charge in [0.05, 0.1) is 5.69 Å². The molecule has 0 bridgehead atoms. The molecule has 1 fully saturated rings. The molecule has 0 amide bonds. The second-order valence-electron chi connectivity index (χ2n) is 4.03. The van der Waals surface area contributed by atoms with Crippen LogP contribution in [0.4, 0.5) is 14.6 Å². The molecule has 0 radical (unpaired) electrons. The van der Waals surface area contributed by atoms with Crippen molar-refractivity contribution in [1.82, 2.24) is 5.12 Å². The first-order valence-electron chi connectivity index (χ1n) is 5.36. The highest BCUT2D eigenvalue weighted by Crippen LogP contribution is 2.27. The lowest BCUT2D eigenvalue weighted by Crippen LogP contribution is -2.43. The van der Waals surface area contributed by atoms with Gasteiger partial charge in [0.15, 0.2) is 0 Å². The van der Waals surface area contributed by atoms with Crippen molar-refractivity contribution in [3.63, 3.8) is 0 Å². The highest BCUT2D eigenvalue weighted by Gasteiger charge is 2.25. The van der Waals surface area contributed by atoms with Gasteiger partial charge in [-0.3, -0.25) is 0 Å². The second kappa shape index (κ2) is 4.79. The summed E-state index contributed by atoms with van der Waals surface area (Å²) in [5.74, 6) is -0.891. The van der Waals surface area contributed by atoms with E-state index in [0.29, 0.717) is 5.12 Å². The van der Waals surface area contributed by atoms with E-state index in [9.17, 15) is 17.3 Å². The summed E-state index contributed by atoms with van der Waals surface area (Å²) in [5, 5.41) is 5.64. The maximum absolute atomic E-state index is 13.6. The summed E-state index contributed by atoms with van der Waals surface area (Å²) in [7, 11) is -4.15. The summed E-state index contributed by atoms with van der Waals surface area (Å²) in [4.78, 5) is 1.08. The smallest absolute Gasteiger partial charge is 0.243 e. The van der Waals surface area contributed by atoms with Crippen molar-refractivity contribution in [3.8, 4) is 0 Å². The van der Waals surface area contributed by atoms with E-state index in [-0.39, 0.29) is 31.9 Å². The molecule has 0 aliphatic carbocycles. The summed E-state index contributed by atoms with van der Waals surface area (Å²) in [6.45, 7) is 0.839. The Bertz CT molecular complexity index is 542. The first-order chi connectivity index (χ1) is 8.39. The molecule has 1 aliphatic heterocycles. The van der Waals surface area contributed by atoms with Crippen molar-refractivity contribution in [3.05, 3.63) is 24.0 Å². The van der Waals surface area contributed by atoms with E-state index in [0.717, 1.165) is 6.07 Å². The van der Waals surface area contributed by atoms with Crippen molar-refractivity contribution < 1.29 is 17.3 Å². The average Bonchev–Trinajstić information content (AvgIpc) is 2.28. The van der Waals surface area contributed by atoms with Crippen LogP contribution in [0.3, 0.4) is 0 Å². The molecule has 0 saturated carbocycles. The second-order valence-corrected chi connectivity index (χ2v) is 5.53. The number of halogens is 2. The number of hydrogen-bond donors (Lipinski definition) is 1. The van der Waals surface area contributed by atoms with Crippen LogP contribution in [0, 0.1) is 5.82 Å². The average molecular weight is 277 g/mol. The molecule has 2 rings (SSSR count). The van der Waals surface area contributed by atoms with Crippen LogP contribution in [0.2, 0.25) is 0 Å². The van der Waals surface area contributed by atoms with Gasteiger partial charge in [0.1, 0.15) is 10.7 Å². The standard InChI is InChI=1S/C10H13F2N3O2S/c11-8-2-1-3-9(10(8)18(13,16)17)14-4-6-15(12)7-5-14/h1-3H,4-7H2,(H2,13,16,17). The largest absolute Gasteiger partial charge is 0.368 e. The third-order valence-electron chi connectivity index (χ3n) is 2.80. The summed E-state index contributed by atoms with van der Waals surface area (Å²) < 4.78 is 49.3. The molecule has 2 N–H and O–H groups in total. The lowest BCUT2D eigenvalue weighted by atomic mass is 10.2. The van der Waals surface area contributed by atoms with Gasteiger partial charge in [-0.05, 0) is 12.1 Å². The van der Waals surface area contributed by atoms with E-state index >= 15 is 0 Å². The fourth-order valence-electron chi connectivity index (χ4n) is 1.95. The zero-order chi connectivity index (χ0) is 13.3. The van der Waals surface area contributed by atoms with Gasteiger partial charge in [0.25, 0.3) is 0 Å². The molecule has 0 spiro atoms. The Hall–Kier alpha value is -1.25. The molecule has 1 aromatic rings. The minimum atomic E-state index is -4.15. The van der Waals surface area contributed by atoms with Crippen LogP contribution in [0.1, 0.15) is 0 Å². The molecule has 1 aromatic carbocycles. The number of nitrogens with zero attached hydrogens (tertiary/aromatic N) is 2. The minimum absolute atomic E-state index is 0.139. The van der Waals surface area contributed by atoms with Gasteiger partial charge < -0.3 is 4.90 Å². The molecule has 18 heavy (non-hydrogen) atoms. The molecular weight excluding hydrogens is 264 g/mol. The van der Waals surface area contributed by atoms with Gasteiger partial charge in [-0.1, -0.05) is 6.07 Å². The Balaban J connectivity index is 2.42. The van der Waals surface area contributed by atoms with E-state index < -0.39 is 20.7 Å². The molecule has 100 valence electrons. The zero-order valence-corrected chi connectivity index (χ0v) is 10.3. The van der Waals surface area contributed by atoms with Gasteiger partial charge in [-0.25, -0.2) is 17.9 Å². The van der Waals surface area contributed by atoms with Crippen molar-refractivity contribution in [2.24, 2.45) is 5.14 Å². The Morgan fingerprint density at radius 2 is 1.78 bits per heavy atom. The SMILES string of the molecule is NS(=O)(=O)c1c(F)cccc1N1CCN(F)CC1. The third kappa shape index (κ3) is 2.60. The highest BCUT2D eigenvalue weighted by atomic mass is 32.2. The summed E-state index contributed by atoms with van der Waals surface area (Å²) in [6.07, 6.45) is 0. The number of primary sulfonamides is 1. The van der Waals surface area contributed by atoms with Crippen LogP contribution in [0.15, 0.2) is 23.1 Å². The zero-order valence-electron chi connectivity index (χ0n) is 9.51. The quantitative estimate of drug-likeness (QED) is 0.798. The number of nitrogens with two attached hydrogens (primary N) is 1. The topological polar surface area (TPSA) is 66.6 Å². The van der Waals surface area contributed by atoms with Crippen molar-refractivity contribution in [2.45, 2.75) is 4.90 Å². The minimum Gasteiger partial charge on any atom is -0.368 e. The van der Waals surface area contributed by atoms with Crippen molar-refractivity contribution in [2.75, 3.05) is 31.1 Å². The fourth-order valence-corrected chi connectivity index (χ4v) is 2.78. The van der Waals surface area contributed by atoms with Gasteiger partial charge in [-0.2, -0.15) is 0 Å². The van der Waals surface area contributed by atoms with E-state index in [2.05, 4.69) is 0 Å². The Morgan fingerprint density at radius 1 is 1.17 bits per heavy atom. The number of benzene rings is 1. The van der Waals surface area contributed by atoms with E-state index in [4.69, 9.17) is 5.14 Å². The van der Waals surface area contributed by atoms with Crippen molar-refractivity contribution in [1.29, 1.82) is 0 Å². The predicted octanol–water partition coefficient (Wildman–Crippen LogP) is 0.480. The van der Waals surface area contributed by atoms with Crippen LogP contribution >= 0.6 is 0 Å². The molecule has 0 atom stereocenters. The monoisotopic (exact) mass is 277 g/mol. The van der Waals surface area contributed by atoms with E-state index in [1.807, 2.05) is 0 Å². The van der Waals surface area contributed by atoms with Crippen LogP contribution in [-0.2, 0) is 10.0 Å². The van der Waals surface area contributed by atoms with Crippen LogP contribution in [0.5, 0.6) is 0 Å². The lowest BCUT2D eigenvalue weighted by molar-refractivity contribution is 0.0199. The number of rotatable bonds is 2. The third-order valence-corrected chi connectivity index (χ3v) is 3.77. The fraction of sp³-hybridized carbons (Fsp3) is 0.400. The first-order valence-corrected chi connectivity index (χ1v) is 6.91. The molecular formula is C10H13F2N3O2S. The van der Waals surface area contributed by atoms with E-state index in [1.165, 1.54) is 12.1 Å². The summed E-state index contributed by atoms with van der Waals surface area (Å²) >= 11 is 0. The summed E-state index contributed by atoms with van der Waals surface area (Å²) in [5.41, 5.74) is 0.186. The highest BCUT2D eigenvalue weighted by molar-refractivity contribution is 7.89. The van der Waals surface area contributed by atoms with Gasteiger partial charge in [0.2, 0.25) is 10.0 Å². The van der Waals surface area contributed by atoms with Gasteiger partial charge >= 0.3 is 0 Å². The molecule has 0 unspecified atom stereocenters. The Labute approximate surface area is 104 Å². The molecule has 5 nitrogen and oxygen atoms in total. The normalized spacial score (nSPS) is 18.1. The number of piperazine rings is 1. The summed E-state index contributed by atoms with van der Waals surface area (Å²) in [6, 6.07) is 3.91. The number of sulfonamides is 1. The molecule has 1 heterocycles. The maximum Gasteiger partial charge on any atom is 0.243 e. The van der Waals surface area contributed by atoms with Crippen LogP contribution in [0.25, 0.3) is 0 Å². The Morgan fingerprint density at radius 3 is 2.33 bits per heavy atom. The molecule has 0 aromatic heterocycles. The number of anilines is 1. The van der Waals surface area contributed by atoms with E-state index in [1.54, 1.807) is 4.90 Å². The molecule has 1 aliphatic rings. The Kier molecular flexibility index (Phi) is 3.51. The molecule has 1 saturated heterocycles. The van der Waals surface area contributed by atoms with Crippen LogP contribution in [-0.4, -0.2) is 39.7 Å². The molecule has 8 heteroatoms.